The van der Waals surface area contributed by atoms with Gasteiger partial charge in [0.25, 0.3) is 0 Å². The number of carbonyl (C=O) groups is 1. The van der Waals surface area contributed by atoms with E-state index in [1.807, 2.05) is 21.8 Å². The monoisotopic (exact) mass is 341 g/mol. The molecule has 0 aliphatic carbocycles. The summed E-state index contributed by atoms with van der Waals surface area (Å²) in [6.45, 7) is 4.69. The first kappa shape index (κ1) is 15.9. The Morgan fingerprint density at radius 2 is 2.12 bits per heavy atom. The molecule has 2 aromatic rings. The van der Waals surface area contributed by atoms with Crippen molar-refractivity contribution in [3.05, 3.63) is 24.7 Å². The lowest BCUT2D eigenvalue weighted by molar-refractivity contribution is -0.121. The van der Waals surface area contributed by atoms with Gasteiger partial charge in [0.15, 0.2) is 0 Å². The van der Waals surface area contributed by atoms with Gasteiger partial charge in [-0.15, -0.1) is 0 Å². The lowest BCUT2D eigenvalue weighted by Gasteiger charge is -2.39. The first-order valence-corrected chi connectivity index (χ1v) is 8.87. The lowest BCUT2D eigenvalue weighted by Crippen LogP contribution is -2.53. The number of rotatable bonds is 6. The Labute approximate surface area is 146 Å². The van der Waals surface area contributed by atoms with Crippen molar-refractivity contribution < 1.29 is 4.79 Å². The highest BCUT2D eigenvalue weighted by Gasteiger charge is 2.39. The zero-order chi connectivity index (χ0) is 17.2. The van der Waals surface area contributed by atoms with E-state index < -0.39 is 0 Å². The number of aryl methyl sites for hydroxylation is 1. The van der Waals surface area contributed by atoms with E-state index in [4.69, 9.17) is 0 Å². The van der Waals surface area contributed by atoms with E-state index in [9.17, 15) is 4.79 Å². The second-order valence-electron chi connectivity index (χ2n) is 6.70. The van der Waals surface area contributed by atoms with Gasteiger partial charge in [0.1, 0.15) is 5.82 Å². The van der Waals surface area contributed by atoms with Gasteiger partial charge in [0, 0.05) is 44.1 Å². The van der Waals surface area contributed by atoms with E-state index in [0.717, 1.165) is 56.8 Å². The van der Waals surface area contributed by atoms with Gasteiger partial charge in [-0.3, -0.25) is 9.48 Å². The van der Waals surface area contributed by atoms with Crippen molar-refractivity contribution in [1.82, 2.24) is 24.6 Å². The Hall–Kier alpha value is -2.64. The van der Waals surface area contributed by atoms with E-state index in [2.05, 4.69) is 32.2 Å². The molecule has 0 saturated carbocycles. The van der Waals surface area contributed by atoms with Gasteiger partial charge in [0.05, 0.1) is 11.9 Å². The Kier molecular flexibility index (Phi) is 4.25. The molecule has 0 spiro atoms. The summed E-state index contributed by atoms with van der Waals surface area (Å²) in [6, 6.07) is 2.53. The summed E-state index contributed by atoms with van der Waals surface area (Å²) in [4.78, 5) is 24.4. The molecule has 2 fully saturated rings. The summed E-state index contributed by atoms with van der Waals surface area (Å²) in [5.41, 5.74) is 0.886. The number of hydrogen-bond acceptors (Lipinski definition) is 6. The highest BCUT2D eigenvalue weighted by atomic mass is 16.1. The summed E-state index contributed by atoms with van der Waals surface area (Å²) in [5, 5.41) is 7.53. The number of nitrogens with zero attached hydrogens (tertiary/aromatic N) is 6. The molecule has 2 aliphatic heterocycles. The molecule has 2 aromatic heterocycles. The van der Waals surface area contributed by atoms with Crippen LogP contribution in [0.25, 0.3) is 0 Å². The van der Waals surface area contributed by atoms with Crippen LogP contribution in [0.5, 0.6) is 0 Å². The zero-order valence-corrected chi connectivity index (χ0v) is 14.4. The Bertz CT molecular complexity index is 732. The Morgan fingerprint density at radius 1 is 1.32 bits per heavy atom. The summed E-state index contributed by atoms with van der Waals surface area (Å²) in [7, 11) is 0. The van der Waals surface area contributed by atoms with Crippen LogP contribution in [-0.2, 0) is 11.3 Å². The predicted molar refractivity (Wildman–Crippen MR) is 94.8 cm³/mol. The van der Waals surface area contributed by atoms with Gasteiger partial charge in [-0.2, -0.15) is 10.1 Å². The first-order valence-electron chi connectivity index (χ1n) is 8.87. The smallest absolute Gasteiger partial charge is 0.229 e. The van der Waals surface area contributed by atoms with Crippen LogP contribution in [-0.4, -0.2) is 56.2 Å². The second-order valence-corrected chi connectivity index (χ2v) is 6.70. The molecule has 2 aliphatic rings. The molecule has 1 N–H and O–H groups in total. The van der Waals surface area contributed by atoms with Crippen molar-refractivity contribution in [1.29, 1.82) is 0 Å². The molecular weight excluding hydrogens is 318 g/mol. The van der Waals surface area contributed by atoms with Gasteiger partial charge in [0.2, 0.25) is 12.4 Å². The molecule has 2 atom stereocenters. The number of aromatic nitrogens is 4. The van der Waals surface area contributed by atoms with Crippen LogP contribution in [0, 0.1) is 0 Å². The summed E-state index contributed by atoms with van der Waals surface area (Å²) >= 11 is 0. The zero-order valence-electron chi connectivity index (χ0n) is 14.4. The quantitative estimate of drug-likeness (QED) is 0.805. The third-order valence-corrected chi connectivity index (χ3v) is 4.97. The predicted octanol–water partition coefficient (Wildman–Crippen LogP) is 1.64. The van der Waals surface area contributed by atoms with Gasteiger partial charge < -0.3 is 15.1 Å². The molecule has 2 saturated heterocycles. The lowest BCUT2D eigenvalue weighted by atomic mass is 10.2. The summed E-state index contributed by atoms with van der Waals surface area (Å²) in [6.07, 6.45) is 9.72. The average molecular weight is 341 g/mol. The molecule has 8 nitrogen and oxygen atoms in total. The fourth-order valence-corrected chi connectivity index (χ4v) is 3.79. The fraction of sp³-hybridized carbons (Fsp3) is 0.529. The molecular formula is C17H23N7O. The van der Waals surface area contributed by atoms with E-state index >= 15 is 0 Å². The number of anilines is 3. The minimum atomic E-state index is 0.301. The Balaban J connectivity index is 1.47. The third-order valence-electron chi connectivity index (χ3n) is 4.97. The number of fused-ring (bicyclic) bond motifs is 2. The number of hydrogen-bond donors (Lipinski definition) is 1. The molecule has 4 heterocycles. The molecule has 0 unspecified atom stereocenters. The van der Waals surface area contributed by atoms with Crippen LogP contribution in [0.4, 0.5) is 17.5 Å². The minimum absolute atomic E-state index is 0.301. The molecule has 25 heavy (non-hydrogen) atoms. The van der Waals surface area contributed by atoms with Crippen molar-refractivity contribution in [2.24, 2.45) is 0 Å². The van der Waals surface area contributed by atoms with Crippen LogP contribution < -0.4 is 10.2 Å². The maximum Gasteiger partial charge on any atom is 0.229 e. The van der Waals surface area contributed by atoms with E-state index in [-0.39, 0.29) is 0 Å². The number of nitrogens with one attached hydrogen (secondary N) is 1. The van der Waals surface area contributed by atoms with E-state index in [0.29, 0.717) is 18.0 Å². The summed E-state index contributed by atoms with van der Waals surface area (Å²) < 4.78 is 1.91. The molecule has 1 amide bonds. The summed E-state index contributed by atoms with van der Waals surface area (Å²) in [5.74, 6) is 1.47. The largest absolute Gasteiger partial charge is 0.352 e. The standard InChI is InChI=1S/C17H23N7O/c1-2-7-23-9-13(8-19-23)20-17-18-6-5-16(21-17)22-10-14-3-4-15(11-22)24(14)12-25/h5-6,8-9,12,14-15H,2-4,7,10-11H2,1H3,(H,18,20,21)/t14-,15+. The molecule has 8 heteroatoms. The van der Waals surface area contributed by atoms with Crippen LogP contribution in [0.3, 0.4) is 0 Å². The van der Waals surface area contributed by atoms with Crippen LogP contribution in [0.1, 0.15) is 26.2 Å². The molecule has 132 valence electrons. The van der Waals surface area contributed by atoms with Gasteiger partial charge >= 0.3 is 0 Å². The molecule has 2 bridgehead atoms. The maximum atomic E-state index is 11.2. The van der Waals surface area contributed by atoms with Crippen molar-refractivity contribution >= 4 is 23.9 Å². The fourth-order valence-electron chi connectivity index (χ4n) is 3.79. The molecule has 4 rings (SSSR count). The SMILES string of the molecule is CCCn1cc(Nc2nccc(N3C[C@H]4CC[C@@H](C3)N4C=O)n2)cn1. The van der Waals surface area contributed by atoms with Crippen molar-refractivity contribution in [3.63, 3.8) is 0 Å². The minimum Gasteiger partial charge on any atom is -0.352 e. The van der Waals surface area contributed by atoms with Gasteiger partial charge in [-0.05, 0) is 25.3 Å². The van der Waals surface area contributed by atoms with Gasteiger partial charge in [-0.1, -0.05) is 6.92 Å². The maximum absolute atomic E-state index is 11.2. The van der Waals surface area contributed by atoms with E-state index in [1.165, 1.54) is 0 Å². The normalized spacial score (nSPS) is 22.3. The second kappa shape index (κ2) is 6.70. The number of amides is 1. The average Bonchev–Trinajstić information content (AvgIpc) is 3.16. The molecule has 0 aromatic carbocycles. The van der Waals surface area contributed by atoms with Crippen LogP contribution in [0.15, 0.2) is 24.7 Å². The van der Waals surface area contributed by atoms with Crippen molar-refractivity contribution in [2.75, 3.05) is 23.3 Å². The van der Waals surface area contributed by atoms with Crippen LogP contribution in [0.2, 0.25) is 0 Å². The van der Waals surface area contributed by atoms with Gasteiger partial charge in [-0.25, -0.2) is 4.98 Å². The number of piperazine rings is 1. The highest BCUT2D eigenvalue weighted by Crippen LogP contribution is 2.31. The molecule has 0 radical (unpaired) electrons. The van der Waals surface area contributed by atoms with Crippen molar-refractivity contribution in [2.45, 2.75) is 44.8 Å². The van der Waals surface area contributed by atoms with Crippen molar-refractivity contribution in [3.8, 4) is 0 Å². The van der Waals surface area contributed by atoms with Crippen LogP contribution >= 0.6 is 0 Å². The third kappa shape index (κ3) is 3.16. The number of carbonyl (C=O) groups excluding carboxylic acids is 1. The highest BCUT2D eigenvalue weighted by molar-refractivity contribution is 5.55. The van der Waals surface area contributed by atoms with E-state index in [1.54, 1.807) is 12.4 Å². The first-order chi connectivity index (χ1) is 12.3. The Morgan fingerprint density at radius 3 is 2.84 bits per heavy atom. The topological polar surface area (TPSA) is 79.2 Å².